The molecule has 1 saturated heterocycles. The van der Waals surface area contributed by atoms with Crippen LogP contribution >= 0.6 is 0 Å². The Hall–Kier alpha value is -3.26. The standard InChI is InChI=1S/C23H27FN4O3/c1-17(29)25-21(18-6-3-2-4-7-18)15-23(31)28-12-10-27(11-13-28)16-22(30)26-20-9-5-8-19(24)14-20/h2-9,14,21H,10-13,15-16H2,1H3,(H,25,29)(H,26,30)/t21-/m0/s1. The lowest BCUT2D eigenvalue weighted by Gasteiger charge is -2.35. The lowest BCUT2D eigenvalue weighted by molar-refractivity contribution is -0.133. The van der Waals surface area contributed by atoms with Crippen LogP contribution in [-0.2, 0) is 14.4 Å². The molecule has 8 heteroatoms. The van der Waals surface area contributed by atoms with E-state index in [1.165, 1.54) is 19.1 Å². The highest BCUT2D eigenvalue weighted by Gasteiger charge is 2.25. The molecule has 3 amide bonds. The van der Waals surface area contributed by atoms with E-state index in [4.69, 9.17) is 0 Å². The molecular weight excluding hydrogens is 399 g/mol. The van der Waals surface area contributed by atoms with Crippen LogP contribution in [-0.4, -0.2) is 60.2 Å². The minimum Gasteiger partial charge on any atom is -0.349 e. The van der Waals surface area contributed by atoms with E-state index in [1.807, 2.05) is 35.2 Å². The summed E-state index contributed by atoms with van der Waals surface area (Å²) in [5, 5.41) is 5.54. The molecule has 2 N–H and O–H groups in total. The van der Waals surface area contributed by atoms with Crippen LogP contribution in [0.2, 0.25) is 0 Å². The van der Waals surface area contributed by atoms with Crippen LogP contribution in [0.3, 0.4) is 0 Å². The summed E-state index contributed by atoms with van der Waals surface area (Å²) in [5.41, 5.74) is 1.31. The first kappa shape index (κ1) is 22.4. The number of amides is 3. The zero-order valence-corrected chi connectivity index (χ0v) is 17.5. The van der Waals surface area contributed by atoms with Gasteiger partial charge in [-0.1, -0.05) is 36.4 Å². The Labute approximate surface area is 181 Å². The van der Waals surface area contributed by atoms with Crippen LogP contribution in [0, 0.1) is 5.82 Å². The van der Waals surface area contributed by atoms with Crippen molar-refractivity contribution in [2.45, 2.75) is 19.4 Å². The molecule has 0 saturated carbocycles. The van der Waals surface area contributed by atoms with Gasteiger partial charge in [0.2, 0.25) is 17.7 Å². The van der Waals surface area contributed by atoms with E-state index in [1.54, 1.807) is 17.0 Å². The van der Waals surface area contributed by atoms with Crippen molar-refractivity contribution < 1.29 is 18.8 Å². The van der Waals surface area contributed by atoms with Crippen LogP contribution in [0.4, 0.5) is 10.1 Å². The summed E-state index contributed by atoms with van der Waals surface area (Å²) >= 11 is 0. The largest absolute Gasteiger partial charge is 0.349 e. The van der Waals surface area contributed by atoms with Gasteiger partial charge >= 0.3 is 0 Å². The molecule has 0 spiro atoms. The minimum atomic E-state index is -0.405. The average molecular weight is 426 g/mol. The third kappa shape index (κ3) is 6.89. The molecule has 0 aromatic heterocycles. The Bertz CT molecular complexity index is 914. The SMILES string of the molecule is CC(=O)N[C@@H](CC(=O)N1CCN(CC(=O)Nc2cccc(F)c2)CC1)c1ccccc1. The van der Waals surface area contributed by atoms with Crippen molar-refractivity contribution in [3.63, 3.8) is 0 Å². The monoisotopic (exact) mass is 426 g/mol. The van der Waals surface area contributed by atoms with E-state index in [9.17, 15) is 18.8 Å². The summed E-state index contributed by atoms with van der Waals surface area (Å²) in [6.45, 7) is 3.77. The predicted octanol–water partition coefficient (Wildman–Crippen LogP) is 2.18. The Balaban J connectivity index is 1.48. The highest BCUT2D eigenvalue weighted by molar-refractivity contribution is 5.92. The van der Waals surface area contributed by atoms with Crippen molar-refractivity contribution in [1.82, 2.24) is 15.1 Å². The van der Waals surface area contributed by atoms with E-state index in [2.05, 4.69) is 10.6 Å². The van der Waals surface area contributed by atoms with Gasteiger partial charge in [-0.3, -0.25) is 19.3 Å². The van der Waals surface area contributed by atoms with Gasteiger partial charge in [0.05, 0.1) is 19.0 Å². The maximum absolute atomic E-state index is 13.2. The quantitative estimate of drug-likeness (QED) is 0.711. The molecule has 0 bridgehead atoms. The second-order valence-electron chi connectivity index (χ2n) is 7.58. The molecule has 7 nitrogen and oxygen atoms in total. The average Bonchev–Trinajstić information content (AvgIpc) is 2.74. The number of halogens is 1. The smallest absolute Gasteiger partial charge is 0.238 e. The first-order valence-electron chi connectivity index (χ1n) is 10.3. The van der Waals surface area contributed by atoms with Gasteiger partial charge in [0.25, 0.3) is 0 Å². The molecule has 1 heterocycles. The summed E-state index contributed by atoms with van der Waals surface area (Å²) in [6.07, 6.45) is 0.184. The third-order valence-corrected chi connectivity index (χ3v) is 5.16. The van der Waals surface area contributed by atoms with Crippen LogP contribution in [0.25, 0.3) is 0 Å². The van der Waals surface area contributed by atoms with Gasteiger partial charge in [-0.25, -0.2) is 4.39 Å². The minimum absolute atomic E-state index is 0.0357. The number of piperazine rings is 1. The molecule has 2 aromatic carbocycles. The van der Waals surface area contributed by atoms with Gasteiger partial charge in [-0.15, -0.1) is 0 Å². The van der Waals surface area contributed by atoms with Crippen molar-refractivity contribution in [2.24, 2.45) is 0 Å². The van der Waals surface area contributed by atoms with Crippen molar-refractivity contribution in [3.8, 4) is 0 Å². The summed E-state index contributed by atoms with van der Waals surface area (Å²) in [7, 11) is 0. The zero-order valence-electron chi connectivity index (χ0n) is 17.5. The number of hydrogen-bond acceptors (Lipinski definition) is 4. The van der Waals surface area contributed by atoms with Gasteiger partial charge in [-0.2, -0.15) is 0 Å². The summed E-state index contributed by atoms with van der Waals surface area (Å²) in [4.78, 5) is 40.3. The molecule has 164 valence electrons. The summed E-state index contributed by atoms with van der Waals surface area (Å²) in [5.74, 6) is -0.847. The van der Waals surface area contributed by atoms with E-state index < -0.39 is 5.82 Å². The number of anilines is 1. The fourth-order valence-corrected chi connectivity index (χ4v) is 3.61. The molecule has 1 aliphatic rings. The molecule has 1 aliphatic heterocycles. The van der Waals surface area contributed by atoms with E-state index in [-0.39, 0.29) is 36.7 Å². The van der Waals surface area contributed by atoms with Gasteiger partial charge in [0.15, 0.2) is 0 Å². The molecule has 1 atom stereocenters. The van der Waals surface area contributed by atoms with Crippen molar-refractivity contribution in [1.29, 1.82) is 0 Å². The number of nitrogens with zero attached hydrogens (tertiary/aromatic N) is 2. The number of nitrogens with one attached hydrogen (secondary N) is 2. The van der Waals surface area contributed by atoms with Gasteiger partial charge in [0, 0.05) is 38.8 Å². The van der Waals surface area contributed by atoms with Crippen molar-refractivity contribution >= 4 is 23.4 Å². The van der Waals surface area contributed by atoms with E-state index >= 15 is 0 Å². The second-order valence-corrected chi connectivity index (χ2v) is 7.58. The Morgan fingerprint density at radius 2 is 1.71 bits per heavy atom. The number of hydrogen-bond donors (Lipinski definition) is 2. The van der Waals surface area contributed by atoms with Crippen molar-refractivity contribution in [3.05, 3.63) is 66.0 Å². The molecule has 1 fully saturated rings. The molecule has 0 unspecified atom stereocenters. The second kappa shape index (κ2) is 10.7. The van der Waals surface area contributed by atoms with Crippen LogP contribution in [0.5, 0.6) is 0 Å². The van der Waals surface area contributed by atoms with Gasteiger partial charge in [-0.05, 0) is 23.8 Å². The lowest BCUT2D eigenvalue weighted by atomic mass is 10.0. The number of carbonyl (C=O) groups is 3. The Kier molecular flexibility index (Phi) is 7.72. The molecular formula is C23H27FN4O3. The third-order valence-electron chi connectivity index (χ3n) is 5.16. The predicted molar refractivity (Wildman–Crippen MR) is 116 cm³/mol. The topological polar surface area (TPSA) is 81.8 Å². The maximum atomic E-state index is 13.2. The van der Waals surface area contributed by atoms with Gasteiger partial charge in [0.1, 0.15) is 5.82 Å². The van der Waals surface area contributed by atoms with Gasteiger partial charge < -0.3 is 15.5 Å². The highest BCUT2D eigenvalue weighted by atomic mass is 19.1. The maximum Gasteiger partial charge on any atom is 0.238 e. The van der Waals surface area contributed by atoms with Crippen LogP contribution < -0.4 is 10.6 Å². The number of carbonyl (C=O) groups excluding carboxylic acids is 3. The molecule has 31 heavy (non-hydrogen) atoms. The van der Waals surface area contributed by atoms with Crippen LogP contribution in [0.1, 0.15) is 24.9 Å². The van der Waals surface area contributed by atoms with E-state index in [0.29, 0.717) is 31.9 Å². The van der Waals surface area contributed by atoms with E-state index in [0.717, 1.165) is 5.56 Å². The van der Waals surface area contributed by atoms with Crippen molar-refractivity contribution in [2.75, 3.05) is 38.0 Å². The molecule has 0 radical (unpaired) electrons. The highest BCUT2D eigenvalue weighted by Crippen LogP contribution is 2.18. The Morgan fingerprint density at radius 3 is 2.35 bits per heavy atom. The normalized spacial score (nSPS) is 15.2. The van der Waals surface area contributed by atoms with Crippen LogP contribution in [0.15, 0.2) is 54.6 Å². The first-order chi connectivity index (χ1) is 14.9. The lowest BCUT2D eigenvalue weighted by Crippen LogP contribution is -2.51. The molecule has 3 rings (SSSR count). The fourth-order valence-electron chi connectivity index (χ4n) is 3.61. The fraction of sp³-hybridized carbons (Fsp3) is 0.348. The number of benzene rings is 2. The number of rotatable bonds is 7. The Morgan fingerprint density at radius 1 is 1.00 bits per heavy atom. The zero-order chi connectivity index (χ0) is 22.2. The molecule has 0 aliphatic carbocycles. The summed E-state index contributed by atoms with van der Waals surface area (Å²) in [6, 6.07) is 14.8. The molecule has 2 aromatic rings. The summed E-state index contributed by atoms with van der Waals surface area (Å²) < 4.78 is 13.2. The first-order valence-corrected chi connectivity index (χ1v) is 10.3.